The first-order valence-corrected chi connectivity index (χ1v) is 6.17. The molecule has 15 heavy (non-hydrogen) atoms. The molecule has 0 fully saturated rings. The van der Waals surface area contributed by atoms with Crippen molar-refractivity contribution in [1.82, 2.24) is 10.2 Å². The van der Waals surface area contributed by atoms with Crippen LogP contribution in [0.25, 0.3) is 11.5 Å². The van der Waals surface area contributed by atoms with Crippen molar-refractivity contribution in [1.29, 1.82) is 4.78 Å². The van der Waals surface area contributed by atoms with Crippen molar-refractivity contribution in [2.75, 3.05) is 6.26 Å². The molecule has 0 aliphatic rings. The summed E-state index contributed by atoms with van der Waals surface area (Å²) in [6, 6.07) is 9.15. The lowest BCUT2D eigenvalue weighted by Crippen LogP contribution is -1.94. The quantitative estimate of drug-likeness (QED) is 0.841. The summed E-state index contributed by atoms with van der Waals surface area (Å²) >= 11 is 0. The molecule has 1 atom stereocenters. The van der Waals surface area contributed by atoms with Crippen LogP contribution >= 0.6 is 0 Å². The monoisotopic (exact) mass is 223 g/mol. The van der Waals surface area contributed by atoms with Crippen molar-refractivity contribution in [3.05, 3.63) is 30.3 Å². The van der Waals surface area contributed by atoms with E-state index >= 15 is 0 Å². The van der Waals surface area contributed by atoms with Gasteiger partial charge in [-0.05, 0) is 12.1 Å². The number of nitrogens with zero attached hydrogens (tertiary/aromatic N) is 2. The summed E-state index contributed by atoms with van der Waals surface area (Å²) in [5, 5.41) is 7.18. The van der Waals surface area contributed by atoms with Gasteiger partial charge in [-0.15, -0.1) is 5.10 Å². The zero-order valence-corrected chi connectivity index (χ0v) is 8.82. The highest BCUT2D eigenvalue weighted by molar-refractivity contribution is 7.91. The molecular weight excluding hydrogens is 214 g/mol. The molecule has 0 aliphatic heterocycles. The van der Waals surface area contributed by atoms with Gasteiger partial charge in [0.25, 0.3) is 0 Å². The highest BCUT2D eigenvalue weighted by atomic mass is 32.2. The van der Waals surface area contributed by atoms with E-state index in [1.54, 1.807) is 12.1 Å². The van der Waals surface area contributed by atoms with Gasteiger partial charge in [0.15, 0.2) is 0 Å². The van der Waals surface area contributed by atoms with Crippen LogP contribution in [0, 0.1) is 4.78 Å². The Labute approximate surface area is 87.1 Å². The highest BCUT2D eigenvalue weighted by Gasteiger charge is 2.13. The average molecular weight is 223 g/mol. The van der Waals surface area contributed by atoms with Gasteiger partial charge in [-0.2, -0.15) is 0 Å². The highest BCUT2D eigenvalue weighted by Crippen LogP contribution is 2.18. The summed E-state index contributed by atoms with van der Waals surface area (Å²) < 4.78 is 23.7. The van der Waals surface area contributed by atoms with E-state index in [2.05, 4.69) is 10.2 Å². The second-order valence-electron chi connectivity index (χ2n) is 3.08. The molecule has 1 N–H and O–H groups in total. The molecule has 0 spiro atoms. The summed E-state index contributed by atoms with van der Waals surface area (Å²) in [4.78, 5) is 0. The van der Waals surface area contributed by atoms with Crippen LogP contribution in [0.4, 0.5) is 0 Å². The van der Waals surface area contributed by atoms with Gasteiger partial charge in [-0.25, -0.2) is 8.99 Å². The van der Waals surface area contributed by atoms with Crippen LogP contribution in [0.15, 0.2) is 40.0 Å². The van der Waals surface area contributed by atoms with Crippen molar-refractivity contribution < 1.29 is 8.63 Å². The fourth-order valence-corrected chi connectivity index (χ4v) is 1.50. The molecule has 78 valence electrons. The Kier molecular flexibility index (Phi) is 2.28. The molecular formula is C9H9N3O2S. The molecule has 0 bridgehead atoms. The molecule has 5 nitrogen and oxygen atoms in total. The van der Waals surface area contributed by atoms with Gasteiger partial charge in [0, 0.05) is 11.8 Å². The summed E-state index contributed by atoms with van der Waals surface area (Å²) in [6.45, 7) is 0. The fourth-order valence-electron chi connectivity index (χ4n) is 1.06. The standard InChI is InChI=1S/C9H9N3O2S/c1-15(10,13)9-12-11-8(14-9)7-5-3-2-4-6-7/h2-6,10H,1H3/t15-/m0/s1. The van der Waals surface area contributed by atoms with Crippen LogP contribution in [-0.2, 0) is 9.73 Å². The van der Waals surface area contributed by atoms with Crippen molar-refractivity contribution in [2.45, 2.75) is 5.22 Å². The Morgan fingerprint density at radius 2 is 1.93 bits per heavy atom. The summed E-state index contributed by atoms with van der Waals surface area (Å²) in [5.41, 5.74) is 0.750. The summed E-state index contributed by atoms with van der Waals surface area (Å²) in [6.07, 6.45) is 1.25. The SMILES string of the molecule is C[S@](=N)(=O)c1nnc(-c2ccccc2)o1. The number of hydrogen-bond acceptors (Lipinski definition) is 5. The molecule has 1 heterocycles. The van der Waals surface area contributed by atoms with Crippen molar-refractivity contribution >= 4 is 9.73 Å². The molecule has 0 saturated carbocycles. The van der Waals surface area contributed by atoms with E-state index in [9.17, 15) is 4.21 Å². The van der Waals surface area contributed by atoms with Gasteiger partial charge < -0.3 is 4.42 Å². The van der Waals surface area contributed by atoms with Crippen LogP contribution < -0.4 is 0 Å². The van der Waals surface area contributed by atoms with Crippen LogP contribution in [0.5, 0.6) is 0 Å². The summed E-state index contributed by atoms with van der Waals surface area (Å²) in [5.74, 6) is 0.285. The number of benzene rings is 1. The molecule has 1 aromatic heterocycles. The minimum absolute atomic E-state index is 0.138. The lowest BCUT2D eigenvalue weighted by molar-refractivity contribution is 0.454. The molecule has 0 amide bonds. The maximum Gasteiger partial charge on any atom is 0.315 e. The van der Waals surface area contributed by atoms with Crippen LogP contribution in [-0.4, -0.2) is 20.7 Å². The van der Waals surface area contributed by atoms with Crippen LogP contribution in [0.3, 0.4) is 0 Å². The van der Waals surface area contributed by atoms with Crippen molar-refractivity contribution in [3.63, 3.8) is 0 Å². The molecule has 1 aromatic carbocycles. The predicted octanol–water partition coefficient (Wildman–Crippen LogP) is 1.77. The number of rotatable bonds is 2. The Morgan fingerprint density at radius 1 is 1.27 bits per heavy atom. The van der Waals surface area contributed by atoms with Gasteiger partial charge in [0.2, 0.25) is 5.89 Å². The van der Waals surface area contributed by atoms with E-state index in [1.807, 2.05) is 18.2 Å². The van der Waals surface area contributed by atoms with E-state index in [0.717, 1.165) is 5.56 Å². The zero-order chi connectivity index (χ0) is 10.9. The number of hydrogen-bond donors (Lipinski definition) is 1. The Bertz CT molecular complexity index is 560. The maximum atomic E-state index is 11.3. The third-order valence-corrected chi connectivity index (χ3v) is 2.59. The van der Waals surface area contributed by atoms with E-state index in [1.165, 1.54) is 6.26 Å². The minimum Gasteiger partial charge on any atom is -0.409 e. The Hall–Kier alpha value is -1.69. The fraction of sp³-hybridized carbons (Fsp3) is 0.111. The van der Waals surface area contributed by atoms with E-state index in [4.69, 9.17) is 9.20 Å². The van der Waals surface area contributed by atoms with Crippen LogP contribution in [0.1, 0.15) is 0 Å². The number of aromatic nitrogens is 2. The zero-order valence-electron chi connectivity index (χ0n) is 8.01. The van der Waals surface area contributed by atoms with Gasteiger partial charge >= 0.3 is 5.22 Å². The second kappa shape index (κ2) is 3.47. The largest absolute Gasteiger partial charge is 0.409 e. The Balaban J connectivity index is 2.46. The first-order valence-electron chi connectivity index (χ1n) is 4.20. The molecule has 2 rings (SSSR count). The lowest BCUT2D eigenvalue weighted by Gasteiger charge is -1.92. The maximum absolute atomic E-state index is 11.3. The van der Waals surface area contributed by atoms with Crippen molar-refractivity contribution in [3.8, 4) is 11.5 Å². The first kappa shape index (κ1) is 9.85. The molecule has 2 aromatic rings. The van der Waals surface area contributed by atoms with Gasteiger partial charge in [0.1, 0.15) is 9.73 Å². The van der Waals surface area contributed by atoms with Crippen molar-refractivity contribution in [2.24, 2.45) is 0 Å². The molecule has 0 unspecified atom stereocenters. The first-order chi connectivity index (χ1) is 7.07. The lowest BCUT2D eigenvalue weighted by atomic mass is 10.2. The topological polar surface area (TPSA) is 79.8 Å². The third-order valence-electron chi connectivity index (χ3n) is 1.76. The smallest absolute Gasteiger partial charge is 0.315 e. The van der Waals surface area contributed by atoms with E-state index in [-0.39, 0.29) is 11.1 Å². The molecule has 0 saturated heterocycles. The third kappa shape index (κ3) is 2.04. The van der Waals surface area contributed by atoms with E-state index in [0.29, 0.717) is 0 Å². The Morgan fingerprint density at radius 3 is 2.47 bits per heavy atom. The second-order valence-corrected chi connectivity index (χ2v) is 5.12. The normalized spacial score (nSPS) is 14.7. The minimum atomic E-state index is -2.93. The number of nitrogens with one attached hydrogen (secondary N) is 1. The molecule has 0 aliphatic carbocycles. The van der Waals surface area contributed by atoms with Gasteiger partial charge in [0.05, 0.1) is 0 Å². The van der Waals surface area contributed by atoms with Gasteiger partial charge in [-0.3, -0.25) is 0 Å². The van der Waals surface area contributed by atoms with Crippen LogP contribution in [0.2, 0.25) is 0 Å². The van der Waals surface area contributed by atoms with E-state index < -0.39 is 9.73 Å². The summed E-state index contributed by atoms with van der Waals surface area (Å²) in [7, 11) is -2.93. The molecule has 0 radical (unpaired) electrons. The van der Waals surface area contributed by atoms with Gasteiger partial charge in [-0.1, -0.05) is 23.3 Å². The average Bonchev–Trinajstić information content (AvgIpc) is 2.67. The predicted molar refractivity (Wildman–Crippen MR) is 54.8 cm³/mol. The molecule has 6 heteroatoms.